The molecule has 11 aromatic rings. The normalized spacial score (nSPS) is 13.2. The van der Waals surface area contributed by atoms with Crippen LogP contribution < -0.4 is 9.80 Å². The maximum Gasteiger partial charge on any atom is 0.124 e. The van der Waals surface area contributed by atoms with Crippen molar-refractivity contribution in [1.82, 2.24) is 9.97 Å². The van der Waals surface area contributed by atoms with Gasteiger partial charge in [-0.15, -0.1) is 22.7 Å². The van der Waals surface area contributed by atoms with Gasteiger partial charge in [-0.2, -0.15) is 0 Å². The summed E-state index contributed by atoms with van der Waals surface area (Å²) < 4.78 is 2.34. The van der Waals surface area contributed by atoms with Crippen molar-refractivity contribution in [3.05, 3.63) is 249 Å². The molecular formula is C122H158N4S2. The number of anilines is 2. The van der Waals surface area contributed by atoms with E-state index in [0.717, 1.165) is 58.4 Å². The summed E-state index contributed by atoms with van der Waals surface area (Å²) >= 11 is 3.54. The summed E-state index contributed by atoms with van der Waals surface area (Å²) in [5, 5.41) is 2.09. The van der Waals surface area contributed by atoms with Crippen molar-refractivity contribution in [2.45, 2.75) is 349 Å². The van der Waals surface area contributed by atoms with Crippen LogP contribution in [0, 0.1) is 0 Å². The molecule has 0 saturated heterocycles. The van der Waals surface area contributed by atoms with Crippen LogP contribution in [0.5, 0.6) is 0 Å². The molecule has 0 fully saturated rings. The summed E-state index contributed by atoms with van der Waals surface area (Å²) in [4.78, 5) is 15.8. The molecular weight excluding hydrogens is 1590 g/mol. The maximum absolute atomic E-state index is 5.30. The highest BCUT2D eigenvalue weighted by Crippen LogP contribution is 2.57. The molecule has 128 heavy (non-hydrogen) atoms. The first-order valence-electron chi connectivity index (χ1n) is 52.0. The van der Waals surface area contributed by atoms with E-state index in [-0.39, 0.29) is 10.8 Å². The Morgan fingerprint density at radius 1 is 0.227 bits per heavy atom. The Hall–Kier alpha value is -8.68. The van der Waals surface area contributed by atoms with Crippen molar-refractivity contribution in [3.63, 3.8) is 0 Å². The zero-order valence-corrected chi connectivity index (χ0v) is 82.1. The van der Waals surface area contributed by atoms with Crippen LogP contribution >= 0.6 is 22.7 Å². The van der Waals surface area contributed by atoms with Gasteiger partial charge in [0.2, 0.25) is 0 Å². The molecule has 0 N–H and O–H groups in total. The van der Waals surface area contributed by atoms with Crippen LogP contribution in [-0.2, 0) is 10.8 Å². The highest BCUT2D eigenvalue weighted by atomic mass is 32.1. The van der Waals surface area contributed by atoms with Crippen molar-refractivity contribution in [2.75, 3.05) is 36.0 Å². The molecule has 0 aliphatic heterocycles. The Morgan fingerprint density at radius 3 is 0.680 bits per heavy atom. The molecule has 0 radical (unpaired) electrons. The average Bonchev–Trinajstić information content (AvgIpc) is 1.57. The third kappa shape index (κ3) is 26.8. The van der Waals surface area contributed by atoms with Gasteiger partial charge in [0.25, 0.3) is 0 Å². The lowest BCUT2D eigenvalue weighted by molar-refractivity contribution is 0.397. The van der Waals surface area contributed by atoms with E-state index >= 15 is 0 Å². The number of hydrogen-bond donors (Lipinski definition) is 0. The fourth-order valence-corrected chi connectivity index (χ4v) is 22.6. The van der Waals surface area contributed by atoms with Gasteiger partial charge in [-0.25, -0.2) is 9.97 Å². The second-order valence-corrected chi connectivity index (χ2v) is 40.3. The summed E-state index contributed by atoms with van der Waals surface area (Å²) in [6, 6.07) is 71.3. The molecule has 9 aromatic carbocycles. The SMILES string of the molecule is CCCCCCCCCCC1(CCCCCCCCCC)c2cc(/C=C/c3ccc(-c4nc5cc6sc(-c7ccc(/C=C/c8ccc9c(c8)C(CCCCCCCCCC)(CCCCCCCCCC)c8cc(/C=C/c%10ccc(N(CCCC)CCCC)cc%10)ccc8-9)cc7)nc6cc5s4)cc3)ccc2-c2ccc(/C=C/c3ccc(N(CCCC)CCCC)cc3)cc21. The van der Waals surface area contributed by atoms with Crippen molar-refractivity contribution >= 4 is 103 Å². The van der Waals surface area contributed by atoms with E-state index in [9.17, 15) is 0 Å². The van der Waals surface area contributed by atoms with Crippen molar-refractivity contribution in [1.29, 1.82) is 0 Å². The largest absolute Gasteiger partial charge is 0.372 e. The van der Waals surface area contributed by atoms with Crippen LogP contribution in [0.2, 0.25) is 0 Å². The van der Waals surface area contributed by atoms with E-state index < -0.39 is 0 Å². The van der Waals surface area contributed by atoms with E-state index in [1.165, 1.54) is 370 Å². The predicted molar refractivity (Wildman–Crippen MR) is 571 cm³/mol. The number of unbranched alkanes of at least 4 members (excludes halogenated alkanes) is 32. The molecule has 2 heterocycles. The minimum Gasteiger partial charge on any atom is -0.372 e. The van der Waals surface area contributed by atoms with Crippen LogP contribution in [-0.4, -0.2) is 36.1 Å². The molecule has 0 amide bonds. The molecule has 0 bridgehead atoms. The van der Waals surface area contributed by atoms with Gasteiger partial charge in [0, 0.05) is 59.5 Å². The molecule has 678 valence electrons. The lowest BCUT2D eigenvalue weighted by atomic mass is 9.70. The first-order chi connectivity index (χ1) is 63.1. The fourth-order valence-electron chi connectivity index (χ4n) is 20.6. The highest BCUT2D eigenvalue weighted by molar-refractivity contribution is 7.23. The lowest BCUT2D eigenvalue weighted by Crippen LogP contribution is -2.25. The third-order valence-corrected chi connectivity index (χ3v) is 30.5. The van der Waals surface area contributed by atoms with Gasteiger partial charge in [0.05, 0.1) is 20.4 Å². The Bertz CT molecular complexity index is 4820. The predicted octanol–water partition coefficient (Wildman–Crippen LogP) is 38.4. The van der Waals surface area contributed by atoms with Gasteiger partial charge in [0.15, 0.2) is 0 Å². The van der Waals surface area contributed by atoms with Gasteiger partial charge in [-0.1, -0.05) is 481 Å². The maximum atomic E-state index is 5.30. The monoisotopic (exact) mass is 1740 g/mol. The van der Waals surface area contributed by atoms with Crippen LogP contribution in [0.3, 0.4) is 0 Å². The summed E-state index contributed by atoms with van der Waals surface area (Å²) in [5.41, 5.74) is 29.1. The number of nitrogens with zero attached hydrogens (tertiary/aromatic N) is 4. The second kappa shape index (κ2) is 51.8. The smallest absolute Gasteiger partial charge is 0.124 e. The van der Waals surface area contributed by atoms with Crippen LogP contribution in [0.4, 0.5) is 11.4 Å². The first kappa shape index (κ1) is 96.9. The van der Waals surface area contributed by atoms with E-state index in [0.29, 0.717) is 0 Å². The third-order valence-electron chi connectivity index (χ3n) is 28.4. The second-order valence-electron chi connectivity index (χ2n) is 38.3. The zero-order chi connectivity index (χ0) is 88.8. The molecule has 0 spiro atoms. The molecule has 0 saturated carbocycles. The Balaban J connectivity index is 0.701. The standard InChI is InChI=1S/C122H158N4S2/c1-9-17-25-29-33-37-41-45-81-121(82-46-42-38-34-30-26-18-10-2)111-89-99(65-77-107(111)109-79-67-101(91-113(109)121)55-51-97-61-73-105(74-62-97)125(85-21-13-5)86-22-14-6)53-49-95-57-69-103(70-58-95)119-123-115-93-118-116(94-117(115)127-119)124-120(128-118)104-71-59-96(60-72-104)50-54-100-66-78-108-110-80-68-102(56-52-98-63-75-106(76-64-98)126(87-23-15-7)88-24-16-8)92-114(110)122(112(108)90-100,83-47-43-39-35-31-27-19-11-3)84-48-44-40-36-32-28-20-12-4/h49-80,89-94H,9-48,81-88H2,1-8H3/b53-49+,54-50+,55-51+,56-52+. The van der Waals surface area contributed by atoms with E-state index in [2.05, 4.69) is 296 Å². The zero-order valence-electron chi connectivity index (χ0n) is 80.5. The number of aromatic nitrogens is 2. The van der Waals surface area contributed by atoms with Gasteiger partial charge in [0.1, 0.15) is 10.0 Å². The number of rotatable bonds is 60. The molecule has 2 aliphatic carbocycles. The van der Waals surface area contributed by atoms with E-state index in [1.807, 2.05) is 0 Å². The Morgan fingerprint density at radius 2 is 0.438 bits per heavy atom. The molecule has 6 heteroatoms. The lowest BCUT2D eigenvalue weighted by Gasteiger charge is -2.33. The number of benzene rings is 9. The molecule has 13 rings (SSSR count). The molecule has 2 aliphatic rings. The van der Waals surface area contributed by atoms with Gasteiger partial charge >= 0.3 is 0 Å². The minimum atomic E-state index is -0.0254. The Labute approximate surface area is 784 Å². The van der Waals surface area contributed by atoms with Crippen LogP contribution in [0.25, 0.3) is 112 Å². The summed E-state index contributed by atoms with van der Waals surface area (Å²) in [5.74, 6) is 0. The summed E-state index contributed by atoms with van der Waals surface area (Å²) in [6.07, 6.45) is 76.2. The van der Waals surface area contributed by atoms with Crippen molar-refractivity contribution in [3.8, 4) is 43.4 Å². The number of fused-ring (bicyclic) bond motifs is 8. The minimum absolute atomic E-state index is 0.0254. The number of hydrogen-bond acceptors (Lipinski definition) is 6. The van der Waals surface area contributed by atoms with Gasteiger partial charge < -0.3 is 9.80 Å². The van der Waals surface area contributed by atoms with Gasteiger partial charge in [-0.3, -0.25) is 0 Å². The topological polar surface area (TPSA) is 32.3 Å². The molecule has 0 atom stereocenters. The van der Waals surface area contributed by atoms with Crippen LogP contribution in [0.1, 0.15) is 405 Å². The number of thiazole rings is 2. The van der Waals surface area contributed by atoms with E-state index in [4.69, 9.17) is 9.97 Å². The van der Waals surface area contributed by atoms with Crippen molar-refractivity contribution in [2.24, 2.45) is 0 Å². The molecule has 2 aromatic heterocycles. The van der Waals surface area contributed by atoms with E-state index in [1.54, 1.807) is 44.9 Å². The van der Waals surface area contributed by atoms with Crippen molar-refractivity contribution < 1.29 is 0 Å². The van der Waals surface area contributed by atoms with Crippen LogP contribution in [0.15, 0.2) is 182 Å². The molecule has 0 unspecified atom stereocenters. The summed E-state index contributed by atoms with van der Waals surface area (Å²) in [6.45, 7) is 23.1. The average molecular weight is 1740 g/mol. The highest BCUT2D eigenvalue weighted by Gasteiger charge is 2.44. The Kier molecular flexibility index (Phi) is 39.2. The quantitative estimate of drug-likeness (QED) is 0.0281. The van der Waals surface area contributed by atoms with Gasteiger partial charge in [-0.05, 0) is 177 Å². The molecule has 4 nitrogen and oxygen atoms in total. The first-order valence-corrected chi connectivity index (χ1v) is 53.7. The fraction of sp³-hybridized carbons (Fsp3) is 0.475. The summed E-state index contributed by atoms with van der Waals surface area (Å²) in [7, 11) is 0.